The molecule has 8 nitrogen and oxygen atoms in total. The molecule has 1 aliphatic carbocycles. The molecule has 2 saturated heterocycles. The molecule has 0 bridgehead atoms. The zero-order valence-corrected chi connectivity index (χ0v) is 16.6. The Labute approximate surface area is 169 Å². The summed E-state index contributed by atoms with van der Waals surface area (Å²) in [4.78, 5) is 52.4. The van der Waals surface area contributed by atoms with Crippen molar-refractivity contribution < 1.29 is 19.2 Å². The van der Waals surface area contributed by atoms with Gasteiger partial charge in [0.25, 0.3) is 5.91 Å². The van der Waals surface area contributed by atoms with E-state index < -0.39 is 17.5 Å². The van der Waals surface area contributed by atoms with Gasteiger partial charge in [-0.05, 0) is 49.4 Å². The molecule has 1 aromatic carbocycles. The number of anilines is 2. The van der Waals surface area contributed by atoms with Crippen LogP contribution in [-0.4, -0.2) is 47.3 Å². The van der Waals surface area contributed by atoms with Crippen molar-refractivity contribution in [1.82, 2.24) is 10.2 Å². The number of carbonyl (C=O) groups is 4. The van der Waals surface area contributed by atoms with E-state index in [2.05, 4.69) is 10.6 Å². The molecule has 8 heteroatoms. The van der Waals surface area contributed by atoms with E-state index in [9.17, 15) is 19.2 Å². The number of hydrogen-bond donors (Lipinski definition) is 2. The van der Waals surface area contributed by atoms with Gasteiger partial charge < -0.3 is 15.5 Å². The Bertz CT molecular complexity index is 853. The average molecular weight is 398 g/mol. The van der Waals surface area contributed by atoms with Gasteiger partial charge in [0.15, 0.2) is 0 Å². The highest BCUT2D eigenvalue weighted by Crippen LogP contribution is 2.38. The topological polar surface area (TPSA) is 98.8 Å². The van der Waals surface area contributed by atoms with Gasteiger partial charge in [0.1, 0.15) is 12.1 Å². The number of hydrogen-bond acceptors (Lipinski definition) is 4. The summed E-state index contributed by atoms with van der Waals surface area (Å²) >= 11 is 0. The van der Waals surface area contributed by atoms with Crippen LogP contribution in [0.25, 0.3) is 0 Å². The molecule has 2 atom stereocenters. The van der Waals surface area contributed by atoms with Crippen LogP contribution in [0.4, 0.5) is 16.2 Å². The number of urea groups is 1. The Morgan fingerprint density at radius 2 is 1.93 bits per heavy atom. The molecule has 2 aliphatic heterocycles. The Kier molecular flexibility index (Phi) is 5.02. The molecule has 0 aromatic heterocycles. The van der Waals surface area contributed by atoms with E-state index in [1.54, 1.807) is 29.2 Å². The lowest BCUT2D eigenvalue weighted by molar-refractivity contribution is -0.136. The van der Waals surface area contributed by atoms with Crippen LogP contribution in [0.15, 0.2) is 24.3 Å². The second kappa shape index (κ2) is 7.50. The molecule has 1 spiro atoms. The van der Waals surface area contributed by atoms with Crippen molar-refractivity contribution in [3.05, 3.63) is 24.3 Å². The van der Waals surface area contributed by atoms with Crippen molar-refractivity contribution in [1.29, 1.82) is 0 Å². The van der Waals surface area contributed by atoms with Crippen LogP contribution in [0.2, 0.25) is 0 Å². The minimum atomic E-state index is -0.862. The minimum absolute atomic E-state index is 0.0570. The van der Waals surface area contributed by atoms with E-state index in [-0.39, 0.29) is 24.3 Å². The predicted octanol–water partition coefficient (Wildman–Crippen LogP) is 2.25. The quantitative estimate of drug-likeness (QED) is 0.760. The lowest BCUT2D eigenvalue weighted by atomic mass is 9.73. The molecule has 1 aromatic rings. The largest absolute Gasteiger partial charge is 0.325 e. The molecule has 4 rings (SSSR count). The van der Waals surface area contributed by atoms with Crippen molar-refractivity contribution in [2.24, 2.45) is 5.92 Å². The minimum Gasteiger partial charge on any atom is -0.325 e. The molecule has 1 saturated carbocycles. The summed E-state index contributed by atoms with van der Waals surface area (Å²) in [5, 5.41) is 5.58. The van der Waals surface area contributed by atoms with Gasteiger partial charge in [-0.25, -0.2) is 4.79 Å². The van der Waals surface area contributed by atoms with E-state index >= 15 is 0 Å². The number of imide groups is 1. The first-order valence-electron chi connectivity index (χ1n) is 10.2. The number of nitrogens with one attached hydrogen (secondary N) is 2. The summed E-state index contributed by atoms with van der Waals surface area (Å²) in [6, 6.07) is 6.50. The van der Waals surface area contributed by atoms with Gasteiger partial charge in [-0.1, -0.05) is 19.8 Å². The smallest absolute Gasteiger partial charge is 0.325 e. The van der Waals surface area contributed by atoms with Crippen molar-refractivity contribution in [3.8, 4) is 0 Å². The molecule has 3 fully saturated rings. The summed E-state index contributed by atoms with van der Waals surface area (Å²) in [7, 11) is 0. The maximum atomic E-state index is 12.9. The molecule has 154 valence electrons. The number of amides is 5. The van der Waals surface area contributed by atoms with Crippen LogP contribution < -0.4 is 15.5 Å². The first-order valence-corrected chi connectivity index (χ1v) is 10.2. The standard InChI is InChI=1S/C21H26N4O4/c1-14-5-2-3-11-21(14)19(28)25(20(29)23-21)13-17(26)22-15-7-9-16(10-8-15)24-12-4-6-18(24)27/h7-10,14H,2-6,11-13H2,1H3,(H,22,26)(H,23,29)/t14-,21+/m1/s1. The summed E-state index contributed by atoms with van der Waals surface area (Å²) in [5.74, 6) is -0.570. The molecule has 29 heavy (non-hydrogen) atoms. The van der Waals surface area contributed by atoms with Gasteiger partial charge >= 0.3 is 6.03 Å². The molecular weight excluding hydrogens is 372 g/mol. The predicted molar refractivity (Wildman–Crippen MR) is 107 cm³/mol. The zero-order chi connectivity index (χ0) is 20.6. The van der Waals surface area contributed by atoms with Crippen LogP contribution in [0, 0.1) is 5.92 Å². The lowest BCUT2D eigenvalue weighted by Gasteiger charge is -2.36. The Hall–Kier alpha value is -2.90. The van der Waals surface area contributed by atoms with E-state index in [4.69, 9.17) is 0 Å². The number of nitrogens with zero attached hydrogens (tertiary/aromatic N) is 2. The Balaban J connectivity index is 1.39. The van der Waals surface area contributed by atoms with Gasteiger partial charge in [-0.2, -0.15) is 0 Å². The molecule has 3 aliphatic rings. The number of carbonyl (C=O) groups excluding carboxylic acids is 4. The molecule has 0 radical (unpaired) electrons. The average Bonchev–Trinajstić information content (AvgIpc) is 3.22. The highest BCUT2D eigenvalue weighted by atomic mass is 16.2. The normalized spacial score (nSPS) is 26.9. The summed E-state index contributed by atoms with van der Waals surface area (Å²) in [5.41, 5.74) is 0.491. The van der Waals surface area contributed by atoms with Crippen molar-refractivity contribution in [2.75, 3.05) is 23.3 Å². The summed E-state index contributed by atoms with van der Waals surface area (Å²) in [6.45, 7) is 2.37. The maximum Gasteiger partial charge on any atom is 0.325 e. The highest BCUT2D eigenvalue weighted by Gasteiger charge is 2.55. The summed E-state index contributed by atoms with van der Waals surface area (Å²) in [6.07, 6.45) is 4.85. The van der Waals surface area contributed by atoms with Crippen LogP contribution >= 0.6 is 0 Å². The van der Waals surface area contributed by atoms with Gasteiger partial charge in [0, 0.05) is 24.3 Å². The fourth-order valence-corrected chi connectivity index (χ4v) is 4.63. The SMILES string of the molecule is C[C@@H]1CCCC[C@]12NC(=O)N(CC(=O)Nc1ccc(N3CCCC3=O)cc1)C2=O. The van der Waals surface area contributed by atoms with E-state index in [0.29, 0.717) is 25.1 Å². The van der Waals surface area contributed by atoms with E-state index in [0.717, 1.165) is 36.3 Å². The van der Waals surface area contributed by atoms with Gasteiger partial charge in [0.2, 0.25) is 11.8 Å². The monoisotopic (exact) mass is 398 g/mol. The van der Waals surface area contributed by atoms with Crippen LogP contribution in [0.5, 0.6) is 0 Å². The Morgan fingerprint density at radius 3 is 2.59 bits per heavy atom. The maximum absolute atomic E-state index is 12.9. The van der Waals surface area contributed by atoms with Crippen LogP contribution in [0.1, 0.15) is 45.4 Å². The zero-order valence-electron chi connectivity index (χ0n) is 16.6. The van der Waals surface area contributed by atoms with Crippen LogP contribution in [0.3, 0.4) is 0 Å². The molecule has 2 heterocycles. The van der Waals surface area contributed by atoms with Gasteiger partial charge in [0.05, 0.1) is 0 Å². The number of rotatable bonds is 4. The summed E-state index contributed by atoms with van der Waals surface area (Å²) < 4.78 is 0. The van der Waals surface area contributed by atoms with Crippen molar-refractivity contribution in [3.63, 3.8) is 0 Å². The third-order valence-electron chi connectivity index (χ3n) is 6.34. The van der Waals surface area contributed by atoms with Crippen molar-refractivity contribution in [2.45, 2.75) is 51.0 Å². The second-order valence-corrected chi connectivity index (χ2v) is 8.18. The van der Waals surface area contributed by atoms with E-state index in [1.165, 1.54) is 0 Å². The third-order valence-corrected chi connectivity index (χ3v) is 6.34. The third kappa shape index (κ3) is 3.47. The van der Waals surface area contributed by atoms with Crippen molar-refractivity contribution >= 4 is 35.1 Å². The molecule has 2 N–H and O–H groups in total. The first kappa shape index (κ1) is 19.4. The van der Waals surface area contributed by atoms with E-state index in [1.807, 2.05) is 6.92 Å². The highest BCUT2D eigenvalue weighted by molar-refractivity contribution is 6.10. The molecule has 0 unspecified atom stereocenters. The second-order valence-electron chi connectivity index (χ2n) is 8.18. The van der Waals surface area contributed by atoms with Gasteiger partial charge in [-0.3, -0.25) is 19.3 Å². The lowest BCUT2D eigenvalue weighted by Crippen LogP contribution is -2.54. The molecular formula is C21H26N4O4. The van der Waals surface area contributed by atoms with Gasteiger partial charge in [-0.15, -0.1) is 0 Å². The first-order chi connectivity index (χ1) is 13.9. The Morgan fingerprint density at radius 1 is 1.17 bits per heavy atom. The number of benzene rings is 1. The molecule has 5 amide bonds. The van der Waals surface area contributed by atoms with Crippen LogP contribution in [-0.2, 0) is 14.4 Å². The fraction of sp³-hybridized carbons (Fsp3) is 0.524. The fourth-order valence-electron chi connectivity index (χ4n) is 4.63.